The van der Waals surface area contributed by atoms with E-state index in [-0.39, 0.29) is 0 Å². The van der Waals surface area contributed by atoms with Crippen molar-refractivity contribution >= 4 is 0 Å². The highest BCUT2D eigenvalue weighted by Crippen LogP contribution is 2.21. The van der Waals surface area contributed by atoms with Gasteiger partial charge in [0.2, 0.25) is 0 Å². The zero-order valence-electron chi connectivity index (χ0n) is 9.28. The average Bonchev–Trinajstić information content (AvgIpc) is 2.34. The summed E-state index contributed by atoms with van der Waals surface area (Å²) < 4.78 is 5.51. The Hall–Kier alpha value is -1.57. The average molecular weight is 219 g/mol. The van der Waals surface area contributed by atoms with Gasteiger partial charge in [0, 0.05) is 6.54 Å². The Bertz CT molecular complexity index is 371. The molecule has 0 aromatic heterocycles. The van der Waals surface area contributed by atoms with Crippen molar-refractivity contribution in [2.75, 3.05) is 19.7 Å². The summed E-state index contributed by atoms with van der Waals surface area (Å²) in [5.74, 6) is 0.804. The van der Waals surface area contributed by atoms with Gasteiger partial charge in [-0.05, 0) is 43.1 Å². The molecule has 0 saturated heterocycles. The molecule has 0 aliphatic heterocycles. The van der Waals surface area contributed by atoms with E-state index in [0.29, 0.717) is 25.3 Å². The predicted octanol–water partition coefficient (Wildman–Crippen LogP) is 0.787. The fourth-order valence-electron chi connectivity index (χ4n) is 1.45. The van der Waals surface area contributed by atoms with E-state index < -0.39 is 0 Å². The summed E-state index contributed by atoms with van der Waals surface area (Å²) >= 11 is 0. The van der Waals surface area contributed by atoms with Crippen LogP contribution in [0.3, 0.4) is 0 Å². The van der Waals surface area contributed by atoms with Crippen molar-refractivity contribution in [2.45, 2.75) is 12.8 Å². The van der Waals surface area contributed by atoms with E-state index in [1.165, 1.54) is 0 Å². The molecule has 1 aromatic rings. The fourth-order valence-corrected chi connectivity index (χ4v) is 1.45. The van der Waals surface area contributed by atoms with Crippen molar-refractivity contribution in [3.8, 4) is 11.8 Å². The van der Waals surface area contributed by atoms with Crippen LogP contribution in [0.25, 0.3) is 0 Å². The zero-order chi connectivity index (χ0) is 11.8. The standard InChI is InChI=1S/C12H17N3O/c13-5-1-2-11-8-10(9-15)3-4-12(11)16-7-6-14/h3-4,8H,1-2,5-7,13-14H2. The van der Waals surface area contributed by atoms with Crippen LogP contribution < -0.4 is 16.2 Å². The van der Waals surface area contributed by atoms with Crippen molar-refractivity contribution < 1.29 is 4.74 Å². The van der Waals surface area contributed by atoms with Gasteiger partial charge in [-0.15, -0.1) is 0 Å². The van der Waals surface area contributed by atoms with E-state index in [4.69, 9.17) is 21.5 Å². The zero-order valence-corrected chi connectivity index (χ0v) is 9.28. The molecule has 0 unspecified atom stereocenters. The summed E-state index contributed by atoms with van der Waals surface area (Å²) in [7, 11) is 0. The van der Waals surface area contributed by atoms with Gasteiger partial charge in [0.15, 0.2) is 0 Å². The summed E-state index contributed by atoms with van der Waals surface area (Å²) in [5, 5.41) is 8.82. The van der Waals surface area contributed by atoms with Gasteiger partial charge in [-0.25, -0.2) is 0 Å². The molecule has 0 radical (unpaired) electrons. The minimum Gasteiger partial charge on any atom is -0.492 e. The highest BCUT2D eigenvalue weighted by molar-refractivity contribution is 5.42. The first kappa shape index (κ1) is 12.5. The van der Waals surface area contributed by atoms with Crippen LogP contribution in [0.2, 0.25) is 0 Å². The molecule has 86 valence electrons. The number of rotatable bonds is 6. The Morgan fingerprint density at radius 3 is 2.69 bits per heavy atom. The molecule has 0 fully saturated rings. The highest BCUT2D eigenvalue weighted by Gasteiger charge is 2.04. The number of ether oxygens (including phenoxy) is 1. The van der Waals surface area contributed by atoms with Crippen LogP contribution >= 0.6 is 0 Å². The fraction of sp³-hybridized carbons (Fsp3) is 0.417. The van der Waals surface area contributed by atoms with Crippen molar-refractivity contribution in [3.63, 3.8) is 0 Å². The van der Waals surface area contributed by atoms with Crippen LogP contribution in [-0.4, -0.2) is 19.7 Å². The lowest BCUT2D eigenvalue weighted by molar-refractivity contribution is 0.324. The van der Waals surface area contributed by atoms with Crippen LogP contribution in [0.1, 0.15) is 17.5 Å². The lowest BCUT2D eigenvalue weighted by Gasteiger charge is -2.10. The molecule has 0 aliphatic rings. The summed E-state index contributed by atoms with van der Waals surface area (Å²) in [6, 6.07) is 7.53. The van der Waals surface area contributed by atoms with Crippen molar-refractivity contribution in [2.24, 2.45) is 11.5 Å². The van der Waals surface area contributed by atoms with Gasteiger partial charge in [0.05, 0.1) is 11.6 Å². The summed E-state index contributed by atoms with van der Waals surface area (Å²) in [6.07, 6.45) is 1.71. The van der Waals surface area contributed by atoms with Gasteiger partial charge >= 0.3 is 0 Å². The van der Waals surface area contributed by atoms with Crippen LogP contribution in [0.5, 0.6) is 5.75 Å². The minimum absolute atomic E-state index is 0.482. The van der Waals surface area contributed by atoms with Crippen LogP contribution in [0, 0.1) is 11.3 Å². The number of hydrogen-bond donors (Lipinski definition) is 2. The number of benzene rings is 1. The van der Waals surface area contributed by atoms with Gasteiger partial charge in [-0.2, -0.15) is 5.26 Å². The molecule has 0 heterocycles. The molecule has 1 aromatic carbocycles. The lowest BCUT2D eigenvalue weighted by atomic mass is 10.1. The van der Waals surface area contributed by atoms with Gasteiger partial charge in [0.25, 0.3) is 0 Å². The van der Waals surface area contributed by atoms with Crippen molar-refractivity contribution in [3.05, 3.63) is 29.3 Å². The quantitative estimate of drug-likeness (QED) is 0.740. The van der Waals surface area contributed by atoms with Crippen LogP contribution in [0.4, 0.5) is 0 Å². The van der Waals surface area contributed by atoms with E-state index >= 15 is 0 Å². The van der Waals surface area contributed by atoms with Gasteiger partial charge in [0.1, 0.15) is 12.4 Å². The molecule has 0 aliphatic carbocycles. The van der Waals surface area contributed by atoms with Gasteiger partial charge in [-0.1, -0.05) is 0 Å². The Morgan fingerprint density at radius 1 is 1.25 bits per heavy atom. The van der Waals surface area contributed by atoms with E-state index in [1.54, 1.807) is 6.07 Å². The molecule has 0 atom stereocenters. The van der Waals surface area contributed by atoms with Gasteiger partial charge in [-0.3, -0.25) is 0 Å². The largest absolute Gasteiger partial charge is 0.492 e. The molecule has 0 spiro atoms. The number of hydrogen-bond acceptors (Lipinski definition) is 4. The molecule has 0 amide bonds. The molecule has 4 N–H and O–H groups in total. The maximum absolute atomic E-state index is 8.82. The first-order chi connectivity index (χ1) is 7.81. The number of nitriles is 1. The number of aryl methyl sites for hydroxylation is 1. The maximum atomic E-state index is 8.82. The van der Waals surface area contributed by atoms with Crippen molar-refractivity contribution in [1.82, 2.24) is 0 Å². The minimum atomic E-state index is 0.482. The second-order valence-corrected chi connectivity index (χ2v) is 3.46. The monoisotopic (exact) mass is 219 g/mol. The summed E-state index contributed by atoms with van der Waals surface area (Å²) in [6.45, 7) is 1.60. The molecule has 4 heteroatoms. The molecule has 16 heavy (non-hydrogen) atoms. The molecular formula is C12H17N3O. The summed E-state index contributed by atoms with van der Waals surface area (Å²) in [4.78, 5) is 0. The Kier molecular flexibility index (Phi) is 5.34. The topological polar surface area (TPSA) is 85.1 Å². The lowest BCUT2D eigenvalue weighted by Crippen LogP contribution is -2.12. The Morgan fingerprint density at radius 2 is 2.06 bits per heavy atom. The second kappa shape index (κ2) is 6.83. The molecule has 0 saturated carbocycles. The third kappa shape index (κ3) is 3.54. The Balaban J connectivity index is 2.83. The molecule has 1 rings (SSSR count). The third-order valence-corrected chi connectivity index (χ3v) is 2.22. The van der Waals surface area contributed by atoms with E-state index in [9.17, 15) is 0 Å². The normalized spacial score (nSPS) is 9.81. The van der Waals surface area contributed by atoms with Crippen molar-refractivity contribution in [1.29, 1.82) is 5.26 Å². The third-order valence-electron chi connectivity index (χ3n) is 2.22. The van der Waals surface area contributed by atoms with Gasteiger partial charge < -0.3 is 16.2 Å². The van der Waals surface area contributed by atoms with E-state index in [0.717, 1.165) is 24.2 Å². The molecule has 0 bridgehead atoms. The predicted molar refractivity (Wildman–Crippen MR) is 63.1 cm³/mol. The first-order valence-corrected chi connectivity index (χ1v) is 5.37. The van der Waals surface area contributed by atoms with Crippen LogP contribution in [0.15, 0.2) is 18.2 Å². The highest BCUT2D eigenvalue weighted by atomic mass is 16.5. The first-order valence-electron chi connectivity index (χ1n) is 5.37. The number of nitrogens with two attached hydrogens (primary N) is 2. The van der Waals surface area contributed by atoms with E-state index in [2.05, 4.69) is 6.07 Å². The smallest absolute Gasteiger partial charge is 0.122 e. The molecular weight excluding hydrogens is 202 g/mol. The Labute approximate surface area is 95.8 Å². The number of nitrogens with zero attached hydrogens (tertiary/aromatic N) is 1. The van der Waals surface area contributed by atoms with E-state index in [1.807, 2.05) is 12.1 Å². The summed E-state index contributed by atoms with van der Waals surface area (Å²) in [5.41, 5.74) is 12.5. The van der Waals surface area contributed by atoms with Crippen LogP contribution in [-0.2, 0) is 6.42 Å². The SMILES string of the molecule is N#Cc1ccc(OCCN)c(CCCN)c1. The molecule has 4 nitrogen and oxygen atoms in total. The second-order valence-electron chi connectivity index (χ2n) is 3.46. The maximum Gasteiger partial charge on any atom is 0.122 e.